The van der Waals surface area contributed by atoms with Crippen LogP contribution in [0.4, 0.5) is 0 Å². The summed E-state index contributed by atoms with van der Waals surface area (Å²) in [5, 5.41) is 0. The number of unbranched alkanes of at least 4 members (excludes halogenated alkanes) is 1. The van der Waals surface area contributed by atoms with Crippen LogP contribution in [0.15, 0.2) is 11.6 Å². The Morgan fingerprint density at radius 1 is 1.33 bits per heavy atom. The maximum atomic E-state index is 11.8. The Kier molecular flexibility index (Phi) is 7.07. The van der Waals surface area contributed by atoms with Gasteiger partial charge in [0.2, 0.25) is 0 Å². The van der Waals surface area contributed by atoms with Gasteiger partial charge in [0.15, 0.2) is 0 Å². The van der Waals surface area contributed by atoms with E-state index >= 15 is 0 Å². The number of hydrogen-bond acceptors (Lipinski definition) is 2. The lowest BCUT2D eigenvalue weighted by Crippen LogP contribution is -2.18. The minimum atomic E-state index is -0.0620. The first-order valence-electron chi connectivity index (χ1n) is 7.45. The molecule has 1 atom stereocenters. The molecule has 18 heavy (non-hydrogen) atoms. The Labute approximate surface area is 112 Å². The summed E-state index contributed by atoms with van der Waals surface area (Å²) < 4.78 is 4.94. The van der Waals surface area contributed by atoms with Crippen LogP contribution >= 0.6 is 0 Å². The molecule has 1 rings (SSSR count). The van der Waals surface area contributed by atoms with Gasteiger partial charge in [-0.3, -0.25) is 4.79 Å². The molecule has 1 aliphatic carbocycles. The molecule has 0 radical (unpaired) electrons. The zero-order chi connectivity index (χ0) is 13.4. The molecule has 2 nitrogen and oxygen atoms in total. The molecule has 0 saturated heterocycles. The van der Waals surface area contributed by atoms with Gasteiger partial charge in [-0.25, -0.2) is 0 Å². The van der Waals surface area contributed by atoms with E-state index in [4.69, 9.17) is 4.74 Å². The van der Waals surface area contributed by atoms with Crippen molar-refractivity contribution in [2.24, 2.45) is 11.8 Å². The van der Waals surface area contributed by atoms with Gasteiger partial charge in [-0.2, -0.15) is 0 Å². The van der Waals surface area contributed by atoms with Crippen molar-refractivity contribution in [3.63, 3.8) is 0 Å². The van der Waals surface area contributed by atoms with Crippen molar-refractivity contribution < 1.29 is 9.53 Å². The standard InChI is InChI=1S/C16H28O2/c1-4-5-11-15(16(17)18-3)13(2)12-14-9-7-6-8-10-14/h12,14-15H,4-11H2,1-3H3/b13-12-. The predicted octanol–water partition coefficient (Wildman–Crippen LogP) is 4.49. The summed E-state index contributed by atoms with van der Waals surface area (Å²) in [6.45, 7) is 4.26. The largest absolute Gasteiger partial charge is 0.469 e. The Morgan fingerprint density at radius 2 is 2.00 bits per heavy atom. The van der Waals surface area contributed by atoms with Gasteiger partial charge >= 0.3 is 5.97 Å². The number of hydrogen-bond donors (Lipinski definition) is 0. The topological polar surface area (TPSA) is 26.3 Å². The third kappa shape index (κ3) is 4.83. The maximum absolute atomic E-state index is 11.8. The summed E-state index contributed by atoms with van der Waals surface area (Å²) in [5.41, 5.74) is 1.22. The van der Waals surface area contributed by atoms with Gasteiger partial charge in [-0.05, 0) is 32.1 Å². The average molecular weight is 252 g/mol. The third-order valence-electron chi connectivity index (χ3n) is 4.03. The summed E-state index contributed by atoms with van der Waals surface area (Å²) in [6, 6.07) is 0. The molecule has 1 aliphatic rings. The lowest BCUT2D eigenvalue weighted by atomic mass is 9.85. The number of ether oxygens (including phenoxy) is 1. The van der Waals surface area contributed by atoms with Crippen LogP contribution in [-0.4, -0.2) is 13.1 Å². The van der Waals surface area contributed by atoms with Crippen LogP contribution in [0, 0.1) is 11.8 Å². The Morgan fingerprint density at radius 3 is 2.56 bits per heavy atom. The maximum Gasteiger partial charge on any atom is 0.312 e. The Hall–Kier alpha value is -0.790. The van der Waals surface area contributed by atoms with Crippen molar-refractivity contribution >= 4 is 5.97 Å². The minimum Gasteiger partial charge on any atom is -0.469 e. The minimum absolute atomic E-state index is 0.0168. The zero-order valence-electron chi connectivity index (χ0n) is 12.2. The monoisotopic (exact) mass is 252 g/mol. The van der Waals surface area contributed by atoms with Gasteiger partial charge in [0.25, 0.3) is 0 Å². The second kappa shape index (κ2) is 8.34. The first-order valence-corrected chi connectivity index (χ1v) is 7.45. The van der Waals surface area contributed by atoms with Gasteiger partial charge in [-0.1, -0.05) is 50.7 Å². The van der Waals surface area contributed by atoms with E-state index in [1.54, 1.807) is 0 Å². The Bertz CT molecular complexity index is 275. The lowest BCUT2D eigenvalue weighted by molar-refractivity contribution is -0.144. The van der Waals surface area contributed by atoms with Gasteiger partial charge in [-0.15, -0.1) is 0 Å². The van der Waals surface area contributed by atoms with E-state index < -0.39 is 0 Å². The van der Waals surface area contributed by atoms with Crippen molar-refractivity contribution in [1.82, 2.24) is 0 Å². The first-order chi connectivity index (χ1) is 8.69. The van der Waals surface area contributed by atoms with Gasteiger partial charge in [0.05, 0.1) is 13.0 Å². The van der Waals surface area contributed by atoms with Crippen molar-refractivity contribution in [2.45, 2.75) is 65.2 Å². The number of methoxy groups -OCH3 is 1. The fraction of sp³-hybridized carbons (Fsp3) is 0.812. The summed E-state index contributed by atoms with van der Waals surface area (Å²) >= 11 is 0. The summed E-state index contributed by atoms with van der Waals surface area (Å²) in [4.78, 5) is 11.8. The van der Waals surface area contributed by atoms with Crippen LogP contribution in [0.2, 0.25) is 0 Å². The molecule has 0 heterocycles. The SMILES string of the molecule is CCCCC(C(=O)OC)/C(C)=C\C1CCCCC1. The normalized spacial score (nSPS) is 19.6. The van der Waals surface area contributed by atoms with E-state index in [1.807, 2.05) is 0 Å². The third-order valence-corrected chi connectivity index (χ3v) is 4.03. The average Bonchev–Trinajstić information content (AvgIpc) is 2.40. The fourth-order valence-corrected chi connectivity index (χ4v) is 2.87. The molecular formula is C16H28O2. The summed E-state index contributed by atoms with van der Waals surface area (Å²) in [5.74, 6) is 0.609. The highest BCUT2D eigenvalue weighted by Crippen LogP contribution is 2.28. The van der Waals surface area contributed by atoms with Crippen molar-refractivity contribution in [3.05, 3.63) is 11.6 Å². The van der Waals surface area contributed by atoms with E-state index in [2.05, 4.69) is 19.9 Å². The molecule has 1 saturated carbocycles. The summed E-state index contributed by atoms with van der Waals surface area (Å²) in [7, 11) is 1.50. The Balaban J connectivity index is 2.63. The molecule has 0 amide bonds. The van der Waals surface area contributed by atoms with Gasteiger partial charge < -0.3 is 4.74 Å². The van der Waals surface area contributed by atoms with E-state index in [9.17, 15) is 4.79 Å². The molecule has 0 aliphatic heterocycles. The number of esters is 1. The van der Waals surface area contributed by atoms with Crippen LogP contribution in [0.5, 0.6) is 0 Å². The van der Waals surface area contributed by atoms with Crippen LogP contribution in [0.25, 0.3) is 0 Å². The second-order valence-corrected chi connectivity index (χ2v) is 5.53. The predicted molar refractivity (Wildman–Crippen MR) is 75.4 cm³/mol. The van der Waals surface area contributed by atoms with Crippen molar-refractivity contribution in [3.8, 4) is 0 Å². The number of carbonyl (C=O) groups excluding carboxylic acids is 1. The van der Waals surface area contributed by atoms with Gasteiger partial charge in [0, 0.05) is 0 Å². The zero-order valence-corrected chi connectivity index (χ0v) is 12.2. The molecule has 0 aromatic rings. The second-order valence-electron chi connectivity index (χ2n) is 5.53. The molecule has 1 unspecified atom stereocenters. The van der Waals surface area contributed by atoms with Gasteiger partial charge in [0.1, 0.15) is 0 Å². The van der Waals surface area contributed by atoms with E-state index in [0.717, 1.165) is 19.3 Å². The quantitative estimate of drug-likeness (QED) is 0.514. The van der Waals surface area contributed by atoms with Crippen LogP contribution in [-0.2, 0) is 9.53 Å². The van der Waals surface area contributed by atoms with Crippen LogP contribution < -0.4 is 0 Å². The van der Waals surface area contributed by atoms with E-state index in [-0.39, 0.29) is 11.9 Å². The van der Waals surface area contributed by atoms with E-state index in [1.165, 1.54) is 44.8 Å². The first kappa shape index (κ1) is 15.3. The highest BCUT2D eigenvalue weighted by Gasteiger charge is 2.21. The van der Waals surface area contributed by atoms with E-state index in [0.29, 0.717) is 5.92 Å². The molecule has 104 valence electrons. The molecule has 0 bridgehead atoms. The molecule has 0 aromatic carbocycles. The van der Waals surface area contributed by atoms with Crippen LogP contribution in [0.1, 0.15) is 65.2 Å². The van der Waals surface area contributed by atoms with Crippen LogP contribution in [0.3, 0.4) is 0 Å². The smallest absolute Gasteiger partial charge is 0.312 e. The van der Waals surface area contributed by atoms with Crippen molar-refractivity contribution in [1.29, 1.82) is 0 Å². The molecule has 0 aromatic heterocycles. The number of allylic oxidation sites excluding steroid dienone is 1. The molecule has 2 heteroatoms. The number of carbonyl (C=O) groups is 1. The summed E-state index contributed by atoms with van der Waals surface area (Å²) in [6.07, 6.45) is 12.1. The highest BCUT2D eigenvalue weighted by molar-refractivity contribution is 5.75. The molecule has 1 fully saturated rings. The number of rotatable bonds is 6. The molecular weight excluding hydrogens is 224 g/mol. The molecule has 0 spiro atoms. The lowest BCUT2D eigenvalue weighted by Gasteiger charge is -2.21. The fourth-order valence-electron chi connectivity index (χ4n) is 2.87. The molecule has 0 N–H and O–H groups in total. The van der Waals surface area contributed by atoms with Crippen molar-refractivity contribution in [2.75, 3.05) is 7.11 Å². The highest BCUT2D eigenvalue weighted by atomic mass is 16.5.